The summed E-state index contributed by atoms with van der Waals surface area (Å²) in [6.07, 6.45) is 0. The average molecular weight is 487 g/mol. The molecule has 0 saturated heterocycles. The summed E-state index contributed by atoms with van der Waals surface area (Å²) in [6, 6.07) is 12.8. The second kappa shape index (κ2) is 10.8. The highest BCUT2D eigenvalue weighted by Crippen LogP contribution is 2.23. The van der Waals surface area contributed by atoms with E-state index in [1.165, 1.54) is 26.0 Å². The van der Waals surface area contributed by atoms with Gasteiger partial charge in [-0.1, -0.05) is 45.0 Å². The Morgan fingerprint density at radius 3 is 2.03 bits per heavy atom. The zero-order chi connectivity index (χ0) is 25.7. The lowest BCUT2D eigenvalue weighted by atomic mass is 9.87. The molecule has 0 spiro atoms. The average Bonchev–Trinajstić information content (AvgIpc) is 2.75. The molecule has 0 amide bonds. The number of aliphatic hydroxyl groups excluding tert-OH is 1. The van der Waals surface area contributed by atoms with Crippen molar-refractivity contribution < 1.29 is 27.9 Å². The lowest BCUT2D eigenvalue weighted by Gasteiger charge is -2.19. The molecule has 0 fully saturated rings. The fourth-order valence-corrected chi connectivity index (χ4v) is 4.15. The van der Waals surface area contributed by atoms with E-state index in [1.54, 1.807) is 36.4 Å². The minimum absolute atomic E-state index is 0.0305. The van der Waals surface area contributed by atoms with Gasteiger partial charge in [0.05, 0.1) is 16.0 Å². The summed E-state index contributed by atoms with van der Waals surface area (Å²) >= 11 is 0. The number of ketones is 1. The number of sulfonamides is 1. The molecule has 0 atom stereocenters. The van der Waals surface area contributed by atoms with E-state index in [-0.39, 0.29) is 33.7 Å². The summed E-state index contributed by atoms with van der Waals surface area (Å²) in [5.74, 6) is -1.73. The summed E-state index contributed by atoms with van der Waals surface area (Å²) in [4.78, 5) is 23.9. The van der Waals surface area contributed by atoms with E-state index in [1.807, 2.05) is 20.8 Å². The number of rotatable bonds is 9. The van der Waals surface area contributed by atoms with Crippen molar-refractivity contribution in [1.82, 2.24) is 4.72 Å². The van der Waals surface area contributed by atoms with Crippen LogP contribution in [0.3, 0.4) is 0 Å². The molecule has 2 aromatic rings. The number of benzene rings is 2. The monoisotopic (exact) mass is 486 g/mol. The Labute approximate surface area is 200 Å². The number of Topliss-reactive ketones (excluding diaryl/α,β-unsaturated/α-hetero) is 1. The minimum Gasteiger partial charge on any atom is -0.508 e. The summed E-state index contributed by atoms with van der Waals surface area (Å²) in [5, 5.41) is 17.5. The van der Waals surface area contributed by atoms with Crippen molar-refractivity contribution >= 4 is 27.5 Å². The van der Waals surface area contributed by atoms with Gasteiger partial charge >= 0.3 is 5.97 Å². The molecule has 0 unspecified atom stereocenters. The van der Waals surface area contributed by atoms with E-state index in [2.05, 4.69) is 4.72 Å². The molecule has 3 N–H and O–H groups in total. The first-order chi connectivity index (χ1) is 15.7. The number of allylic oxidation sites excluding steroid dienone is 1. The summed E-state index contributed by atoms with van der Waals surface area (Å²) in [5.41, 5.74) is 1.45. The molecule has 8 nitrogen and oxygen atoms in total. The number of ether oxygens (including phenoxy) is 1. The number of aliphatic hydroxyl groups is 1. The van der Waals surface area contributed by atoms with Gasteiger partial charge in [0, 0.05) is 12.3 Å². The molecule has 2 rings (SSSR count). The van der Waals surface area contributed by atoms with Gasteiger partial charge in [-0.15, -0.1) is 0 Å². The van der Waals surface area contributed by atoms with Gasteiger partial charge in [-0.25, -0.2) is 17.9 Å². The van der Waals surface area contributed by atoms with Crippen LogP contribution in [0.25, 0.3) is 0 Å². The molecule has 0 bridgehead atoms. The van der Waals surface area contributed by atoms with Crippen LogP contribution in [0.15, 0.2) is 64.8 Å². The van der Waals surface area contributed by atoms with Crippen molar-refractivity contribution in [3.05, 3.63) is 76.6 Å². The summed E-state index contributed by atoms with van der Waals surface area (Å²) in [6.45, 7) is 8.20. The van der Waals surface area contributed by atoms with Gasteiger partial charge in [-0.2, -0.15) is 0 Å². The van der Waals surface area contributed by atoms with E-state index in [0.717, 1.165) is 5.56 Å². The van der Waals surface area contributed by atoms with E-state index in [0.29, 0.717) is 5.56 Å². The number of carbonyl (C=O) groups is 2. The van der Waals surface area contributed by atoms with Crippen LogP contribution in [0.5, 0.6) is 0 Å². The van der Waals surface area contributed by atoms with Gasteiger partial charge in [-0.05, 0) is 54.7 Å². The Kier molecular flexibility index (Phi) is 8.52. The second-order valence-corrected chi connectivity index (χ2v) is 10.6. The highest BCUT2D eigenvalue weighted by Gasteiger charge is 2.18. The van der Waals surface area contributed by atoms with Crippen LogP contribution < -0.4 is 4.72 Å². The van der Waals surface area contributed by atoms with Crippen LogP contribution in [0.4, 0.5) is 0 Å². The maximum Gasteiger partial charge on any atom is 0.338 e. The number of esters is 1. The Morgan fingerprint density at radius 1 is 1.00 bits per heavy atom. The lowest BCUT2D eigenvalue weighted by molar-refractivity contribution is -0.113. The van der Waals surface area contributed by atoms with Crippen LogP contribution in [-0.2, 0) is 31.5 Å². The predicted octanol–water partition coefficient (Wildman–Crippen LogP) is 4.06. The van der Waals surface area contributed by atoms with Gasteiger partial charge in [0.15, 0.2) is 5.78 Å². The van der Waals surface area contributed by atoms with Crippen LogP contribution in [0, 0.1) is 5.41 Å². The van der Waals surface area contributed by atoms with Crippen LogP contribution in [0.1, 0.15) is 56.1 Å². The van der Waals surface area contributed by atoms with Gasteiger partial charge in [0.1, 0.15) is 12.4 Å². The molecule has 0 aliphatic carbocycles. The highest BCUT2D eigenvalue weighted by atomic mass is 32.2. The molecule has 0 aliphatic heterocycles. The van der Waals surface area contributed by atoms with Gasteiger partial charge in [-0.3, -0.25) is 4.79 Å². The SMILES string of the molecule is CC(=N)/C(C(C)=O)=C(/O)COC(=O)c1ccc(CNS(=O)(=O)c2ccc(C(C)(C)C)cc2)cc1. The van der Waals surface area contributed by atoms with E-state index in [4.69, 9.17) is 10.1 Å². The van der Waals surface area contributed by atoms with Crippen molar-refractivity contribution in [2.45, 2.75) is 51.5 Å². The minimum atomic E-state index is -3.71. The molecule has 0 saturated carbocycles. The van der Waals surface area contributed by atoms with Crippen LogP contribution in [0.2, 0.25) is 0 Å². The first kappa shape index (κ1) is 26.9. The number of hydrogen-bond acceptors (Lipinski definition) is 7. The Balaban J connectivity index is 2.00. The van der Waals surface area contributed by atoms with E-state index < -0.39 is 34.1 Å². The van der Waals surface area contributed by atoms with Crippen molar-refractivity contribution in [3.8, 4) is 0 Å². The zero-order valence-electron chi connectivity index (χ0n) is 19.9. The molecule has 182 valence electrons. The third-order valence-electron chi connectivity index (χ3n) is 5.04. The third-order valence-corrected chi connectivity index (χ3v) is 6.46. The molecule has 0 aliphatic rings. The molecule has 2 aromatic carbocycles. The number of hydrogen-bond donors (Lipinski definition) is 3. The predicted molar refractivity (Wildman–Crippen MR) is 130 cm³/mol. The fourth-order valence-electron chi connectivity index (χ4n) is 3.13. The maximum absolute atomic E-state index is 12.6. The van der Waals surface area contributed by atoms with Crippen LogP contribution in [-0.4, -0.2) is 37.6 Å². The van der Waals surface area contributed by atoms with Gasteiger partial charge < -0.3 is 15.3 Å². The zero-order valence-corrected chi connectivity index (χ0v) is 20.7. The fraction of sp³-hybridized carbons (Fsp3) is 0.320. The van der Waals surface area contributed by atoms with Gasteiger partial charge in [0.2, 0.25) is 10.0 Å². The highest BCUT2D eigenvalue weighted by molar-refractivity contribution is 7.89. The first-order valence-electron chi connectivity index (χ1n) is 10.6. The van der Waals surface area contributed by atoms with Crippen molar-refractivity contribution in [2.24, 2.45) is 0 Å². The standard InChI is InChI=1S/C25H30N2O6S/c1-16(26)23(17(2)28)22(29)15-33-24(30)19-8-6-18(7-9-19)14-27-34(31,32)21-12-10-20(11-13-21)25(3,4)5/h6-13,26-27,29H,14-15H2,1-5H3/b23-22-,26-16?. The summed E-state index contributed by atoms with van der Waals surface area (Å²) in [7, 11) is -3.71. The van der Waals surface area contributed by atoms with E-state index >= 15 is 0 Å². The largest absolute Gasteiger partial charge is 0.508 e. The molecule has 34 heavy (non-hydrogen) atoms. The molecular weight excluding hydrogens is 456 g/mol. The number of carbonyl (C=O) groups excluding carboxylic acids is 2. The Bertz CT molecular complexity index is 1190. The molecule has 9 heteroatoms. The van der Waals surface area contributed by atoms with E-state index in [9.17, 15) is 23.1 Å². The van der Waals surface area contributed by atoms with Gasteiger partial charge in [0.25, 0.3) is 0 Å². The molecule has 0 heterocycles. The smallest absolute Gasteiger partial charge is 0.338 e. The molecule has 0 radical (unpaired) electrons. The number of nitrogens with one attached hydrogen (secondary N) is 2. The first-order valence-corrected chi connectivity index (χ1v) is 12.1. The normalized spacial score (nSPS) is 12.6. The lowest BCUT2D eigenvalue weighted by Crippen LogP contribution is -2.23. The topological polar surface area (TPSA) is 134 Å². The molecule has 0 aromatic heterocycles. The Morgan fingerprint density at radius 2 is 1.56 bits per heavy atom. The van der Waals surface area contributed by atoms with Crippen molar-refractivity contribution in [3.63, 3.8) is 0 Å². The summed E-state index contributed by atoms with van der Waals surface area (Å²) < 4.78 is 32.7. The maximum atomic E-state index is 12.6. The van der Waals surface area contributed by atoms with Crippen molar-refractivity contribution in [2.75, 3.05) is 6.61 Å². The molecular formula is C25H30N2O6S. The quantitative estimate of drug-likeness (QED) is 0.212. The van der Waals surface area contributed by atoms with Crippen molar-refractivity contribution in [1.29, 1.82) is 5.41 Å². The third kappa shape index (κ3) is 7.10. The van der Waals surface area contributed by atoms with Crippen LogP contribution >= 0.6 is 0 Å². The Hall–Kier alpha value is -3.30. The second-order valence-electron chi connectivity index (χ2n) is 8.87.